The lowest BCUT2D eigenvalue weighted by Crippen LogP contribution is -2.49. The number of aryl methyl sites for hydroxylation is 2. The summed E-state index contributed by atoms with van der Waals surface area (Å²) in [5.74, 6) is -0.00439. The highest BCUT2D eigenvalue weighted by atomic mass is 16.5. The van der Waals surface area contributed by atoms with Gasteiger partial charge in [0.05, 0.1) is 36.6 Å². The van der Waals surface area contributed by atoms with E-state index in [4.69, 9.17) is 4.74 Å². The molecule has 140 valence electrons. The lowest BCUT2D eigenvalue weighted by molar-refractivity contribution is -0.0257. The first kappa shape index (κ1) is 18.4. The summed E-state index contributed by atoms with van der Waals surface area (Å²) in [5.41, 5.74) is 1.57. The number of aliphatic hydroxyl groups is 1. The summed E-state index contributed by atoms with van der Waals surface area (Å²) in [5, 5.41) is 15.4. The Bertz CT molecular complexity index is 624. The molecule has 2 fully saturated rings. The summed E-state index contributed by atoms with van der Waals surface area (Å²) >= 11 is 0. The van der Waals surface area contributed by atoms with Crippen LogP contribution in [0.4, 0.5) is 0 Å². The molecular formula is C18H30N4O3. The molecule has 0 aromatic carbocycles. The van der Waals surface area contributed by atoms with Crippen LogP contribution in [-0.4, -0.2) is 82.1 Å². The van der Waals surface area contributed by atoms with Gasteiger partial charge < -0.3 is 14.7 Å². The van der Waals surface area contributed by atoms with E-state index in [2.05, 4.69) is 16.9 Å². The third-order valence-electron chi connectivity index (χ3n) is 5.27. The maximum Gasteiger partial charge on any atom is 0.257 e. The van der Waals surface area contributed by atoms with E-state index in [9.17, 15) is 9.90 Å². The van der Waals surface area contributed by atoms with Gasteiger partial charge in [-0.2, -0.15) is 5.10 Å². The molecule has 0 radical (unpaired) electrons. The number of hydrogen-bond donors (Lipinski definition) is 1. The van der Waals surface area contributed by atoms with Crippen molar-refractivity contribution >= 4 is 5.91 Å². The van der Waals surface area contributed by atoms with Crippen molar-refractivity contribution in [3.63, 3.8) is 0 Å². The third kappa shape index (κ3) is 3.88. The number of likely N-dealkylation sites (tertiary alicyclic amines) is 1. The number of rotatable bonds is 5. The van der Waals surface area contributed by atoms with Gasteiger partial charge in [0, 0.05) is 38.4 Å². The lowest BCUT2D eigenvalue weighted by Gasteiger charge is -2.33. The van der Waals surface area contributed by atoms with Gasteiger partial charge in [-0.1, -0.05) is 6.92 Å². The van der Waals surface area contributed by atoms with Crippen LogP contribution < -0.4 is 0 Å². The topological polar surface area (TPSA) is 70.8 Å². The van der Waals surface area contributed by atoms with Crippen LogP contribution in [0.15, 0.2) is 0 Å². The molecular weight excluding hydrogens is 320 g/mol. The lowest BCUT2D eigenvalue weighted by atomic mass is 10.0. The van der Waals surface area contributed by atoms with Crippen LogP contribution in [0.2, 0.25) is 0 Å². The maximum absolute atomic E-state index is 13.0. The molecule has 3 rings (SSSR count). The quantitative estimate of drug-likeness (QED) is 0.851. The standard InChI is InChI=1S/C18H30N4O3/c1-4-6-22-15(3)16(14(2)19-22)17(23)21-7-5-18(24,13-21)12-20-8-10-25-11-9-20/h24H,4-13H2,1-3H3/t18-/m1/s1. The second-order valence-corrected chi connectivity index (χ2v) is 7.36. The smallest absolute Gasteiger partial charge is 0.257 e. The van der Waals surface area contributed by atoms with Gasteiger partial charge in [-0.15, -0.1) is 0 Å². The minimum Gasteiger partial charge on any atom is -0.387 e. The summed E-state index contributed by atoms with van der Waals surface area (Å²) in [6.45, 7) is 11.5. The number of nitrogens with zero attached hydrogens (tertiary/aromatic N) is 4. The highest BCUT2D eigenvalue weighted by Crippen LogP contribution is 2.26. The van der Waals surface area contributed by atoms with Gasteiger partial charge in [-0.25, -0.2) is 0 Å². The van der Waals surface area contributed by atoms with E-state index in [0.29, 0.717) is 44.8 Å². The van der Waals surface area contributed by atoms with Gasteiger partial charge in [-0.3, -0.25) is 14.4 Å². The highest BCUT2D eigenvalue weighted by molar-refractivity contribution is 5.96. The molecule has 0 bridgehead atoms. The zero-order chi connectivity index (χ0) is 18.0. The molecule has 7 nitrogen and oxygen atoms in total. The van der Waals surface area contributed by atoms with Gasteiger partial charge >= 0.3 is 0 Å². The van der Waals surface area contributed by atoms with E-state index >= 15 is 0 Å². The highest BCUT2D eigenvalue weighted by Gasteiger charge is 2.40. The molecule has 3 heterocycles. The van der Waals surface area contributed by atoms with Gasteiger partial charge in [0.1, 0.15) is 0 Å². The van der Waals surface area contributed by atoms with Crippen molar-refractivity contribution in [1.82, 2.24) is 19.6 Å². The molecule has 1 aromatic heterocycles. The molecule has 1 amide bonds. The average molecular weight is 350 g/mol. The minimum absolute atomic E-state index is 0.00439. The number of carbonyl (C=O) groups is 1. The molecule has 1 N–H and O–H groups in total. The molecule has 1 atom stereocenters. The van der Waals surface area contributed by atoms with Crippen molar-refractivity contribution in [2.45, 2.75) is 45.8 Å². The number of aromatic nitrogens is 2. The first-order chi connectivity index (χ1) is 11.9. The zero-order valence-electron chi connectivity index (χ0n) is 15.6. The maximum atomic E-state index is 13.0. The number of hydrogen-bond acceptors (Lipinski definition) is 5. The molecule has 0 saturated carbocycles. The van der Waals surface area contributed by atoms with Crippen LogP contribution in [0.3, 0.4) is 0 Å². The second kappa shape index (κ2) is 7.43. The van der Waals surface area contributed by atoms with Crippen LogP contribution >= 0.6 is 0 Å². The third-order valence-corrected chi connectivity index (χ3v) is 5.27. The Morgan fingerprint density at radius 1 is 1.28 bits per heavy atom. The van der Waals surface area contributed by atoms with E-state index in [1.54, 1.807) is 4.90 Å². The van der Waals surface area contributed by atoms with E-state index in [-0.39, 0.29) is 5.91 Å². The summed E-state index contributed by atoms with van der Waals surface area (Å²) in [4.78, 5) is 17.0. The summed E-state index contributed by atoms with van der Waals surface area (Å²) in [6.07, 6.45) is 1.61. The minimum atomic E-state index is -0.825. The molecule has 2 aliphatic heterocycles. The zero-order valence-corrected chi connectivity index (χ0v) is 15.6. The molecule has 0 aliphatic carbocycles. The molecule has 0 spiro atoms. The first-order valence-electron chi connectivity index (χ1n) is 9.29. The number of β-amino-alcohol motifs (C(OH)–C–C–N with tert-alkyl or cyclic N) is 1. The Hall–Kier alpha value is -1.44. The Labute approximate surface area is 149 Å². The van der Waals surface area contributed by atoms with Crippen LogP contribution in [0.1, 0.15) is 41.5 Å². The average Bonchev–Trinajstić information content (AvgIpc) is 3.09. The van der Waals surface area contributed by atoms with E-state index in [0.717, 1.165) is 37.4 Å². The number of ether oxygens (including phenoxy) is 1. The van der Waals surface area contributed by atoms with Crippen LogP contribution in [0, 0.1) is 13.8 Å². The van der Waals surface area contributed by atoms with E-state index < -0.39 is 5.60 Å². The van der Waals surface area contributed by atoms with Crippen molar-refractivity contribution in [3.05, 3.63) is 17.0 Å². The SMILES string of the molecule is CCCn1nc(C)c(C(=O)N2CC[C@@](O)(CN3CCOCC3)C2)c1C. The Kier molecular flexibility index (Phi) is 5.46. The Morgan fingerprint density at radius 2 is 2.00 bits per heavy atom. The second-order valence-electron chi connectivity index (χ2n) is 7.36. The van der Waals surface area contributed by atoms with Gasteiger partial charge in [0.2, 0.25) is 0 Å². The normalized spacial score (nSPS) is 24.9. The first-order valence-corrected chi connectivity index (χ1v) is 9.29. The predicted octanol–water partition coefficient (Wildman–Crippen LogP) is 0.819. The predicted molar refractivity (Wildman–Crippen MR) is 94.7 cm³/mol. The molecule has 1 aromatic rings. The number of carbonyl (C=O) groups excluding carboxylic acids is 1. The van der Waals surface area contributed by atoms with Gasteiger partial charge in [-0.05, 0) is 26.7 Å². The molecule has 7 heteroatoms. The fraction of sp³-hybridized carbons (Fsp3) is 0.778. The van der Waals surface area contributed by atoms with E-state index in [1.807, 2.05) is 18.5 Å². The van der Waals surface area contributed by atoms with Crippen molar-refractivity contribution in [1.29, 1.82) is 0 Å². The van der Waals surface area contributed by atoms with Crippen LogP contribution in [0.5, 0.6) is 0 Å². The van der Waals surface area contributed by atoms with E-state index in [1.165, 1.54) is 0 Å². The Morgan fingerprint density at radius 3 is 2.68 bits per heavy atom. The summed E-state index contributed by atoms with van der Waals surface area (Å²) < 4.78 is 7.28. The largest absolute Gasteiger partial charge is 0.387 e. The molecule has 0 unspecified atom stereocenters. The van der Waals surface area contributed by atoms with Gasteiger partial charge in [0.25, 0.3) is 5.91 Å². The molecule has 25 heavy (non-hydrogen) atoms. The van der Waals surface area contributed by atoms with Crippen molar-refractivity contribution < 1.29 is 14.6 Å². The van der Waals surface area contributed by atoms with Crippen LogP contribution in [0.25, 0.3) is 0 Å². The monoisotopic (exact) mass is 350 g/mol. The number of morpholine rings is 1. The Balaban J connectivity index is 1.68. The fourth-order valence-corrected chi connectivity index (χ4v) is 3.93. The molecule has 2 aliphatic rings. The van der Waals surface area contributed by atoms with Crippen molar-refractivity contribution in [3.8, 4) is 0 Å². The van der Waals surface area contributed by atoms with Crippen LogP contribution in [-0.2, 0) is 11.3 Å². The van der Waals surface area contributed by atoms with Gasteiger partial charge in [0.15, 0.2) is 0 Å². The number of amides is 1. The fourth-order valence-electron chi connectivity index (χ4n) is 3.93. The molecule has 2 saturated heterocycles. The summed E-state index contributed by atoms with van der Waals surface area (Å²) in [6, 6.07) is 0. The van der Waals surface area contributed by atoms with Crippen molar-refractivity contribution in [2.75, 3.05) is 45.9 Å². The van der Waals surface area contributed by atoms with Crippen molar-refractivity contribution in [2.24, 2.45) is 0 Å². The summed E-state index contributed by atoms with van der Waals surface area (Å²) in [7, 11) is 0.